The fourth-order valence-corrected chi connectivity index (χ4v) is 3.51. The molecule has 2 aromatic rings. The van der Waals surface area contributed by atoms with Gasteiger partial charge in [-0.3, -0.25) is 14.7 Å². The average Bonchev–Trinajstić information content (AvgIpc) is 2.78. The minimum atomic E-state index is -0.0545. The monoisotopic (exact) mass is 521 g/mol. The van der Waals surface area contributed by atoms with E-state index in [0.29, 0.717) is 24.7 Å². The number of carbonyl (C=O) groups excluding carboxylic acids is 1. The van der Waals surface area contributed by atoms with Crippen molar-refractivity contribution in [2.24, 2.45) is 4.99 Å². The van der Waals surface area contributed by atoms with Crippen molar-refractivity contribution in [3.8, 4) is 0 Å². The summed E-state index contributed by atoms with van der Waals surface area (Å²) in [5.41, 5.74) is 2.05. The van der Waals surface area contributed by atoms with E-state index in [1.54, 1.807) is 7.05 Å². The van der Waals surface area contributed by atoms with Gasteiger partial charge in [-0.1, -0.05) is 48.5 Å². The van der Waals surface area contributed by atoms with E-state index in [9.17, 15) is 4.79 Å². The van der Waals surface area contributed by atoms with Gasteiger partial charge in [-0.05, 0) is 30.5 Å². The zero-order valence-electron chi connectivity index (χ0n) is 17.5. The number of piperidine rings is 1. The normalized spacial score (nSPS) is 15.2. The molecular weight excluding hydrogens is 489 g/mol. The number of guanidine groups is 1. The van der Waals surface area contributed by atoms with Gasteiger partial charge in [0.15, 0.2) is 5.96 Å². The standard InChI is InChI=1S/C23H31N5O.HI/c1-24-23(26-15-14-25-22(29)20-10-6-3-7-11-20)27-21-12-16-28(17-13-21)18-19-8-4-2-5-9-19;/h2-11,21H,12-18H2,1H3,(H,25,29)(H2,24,26,27);1H. The summed E-state index contributed by atoms with van der Waals surface area (Å²) in [6, 6.07) is 20.3. The average molecular weight is 521 g/mol. The van der Waals surface area contributed by atoms with Crippen molar-refractivity contribution in [3.63, 3.8) is 0 Å². The summed E-state index contributed by atoms with van der Waals surface area (Å²) < 4.78 is 0. The number of rotatable bonds is 7. The first kappa shape index (κ1) is 24.1. The maximum Gasteiger partial charge on any atom is 0.251 e. The van der Waals surface area contributed by atoms with Gasteiger partial charge in [-0.25, -0.2) is 0 Å². The summed E-state index contributed by atoms with van der Waals surface area (Å²) >= 11 is 0. The lowest BCUT2D eigenvalue weighted by atomic mass is 10.0. The molecule has 3 N–H and O–H groups in total. The lowest BCUT2D eigenvalue weighted by Crippen LogP contribution is -2.49. The van der Waals surface area contributed by atoms with Crippen LogP contribution in [0.15, 0.2) is 65.7 Å². The number of nitrogens with one attached hydrogen (secondary N) is 3. The second-order valence-electron chi connectivity index (χ2n) is 7.30. The topological polar surface area (TPSA) is 68.8 Å². The van der Waals surface area contributed by atoms with Crippen LogP contribution in [0.4, 0.5) is 0 Å². The highest BCUT2D eigenvalue weighted by molar-refractivity contribution is 14.0. The van der Waals surface area contributed by atoms with Gasteiger partial charge in [0.25, 0.3) is 5.91 Å². The number of likely N-dealkylation sites (tertiary alicyclic amines) is 1. The molecule has 2 aromatic carbocycles. The van der Waals surface area contributed by atoms with Crippen LogP contribution in [0, 0.1) is 0 Å². The molecular formula is C23H32IN5O. The molecule has 0 bridgehead atoms. The van der Waals surface area contributed by atoms with E-state index >= 15 is 0 Å². The van der Waals surface area contributed by atoms with Crippen molar-refractivity contribution in [1.29, 1.82) is 0 Å². The Kier molecular flexibility index (Phi) is 10.6. The van der Waals surface area contributed by atoms with E-state index in [0.717, 1.165) is 38.4 Å². The van der Waals surface area contributed by atoms with E-state index in [4.69, 9.17) is 0 Å². The molecule has 1 fully saturated rings. The Morgan fingerprint density at radius 1 is 0.967 bits per heavy atom. The number of halogens is 1. The highest BCUT2D eigenvalue weighted by Crippen LogP contribution is 2.13. The Morgan fingerprint density at radius 3 is 2.20 bits per heavy atom. The van der Waals surface area contributed by atoms with Gasteiger partial charge >= 0.3 is 0 Å². The van der Waals surface area contributed by atoms with Gasteiger partial charge < -0.3 is 16.0 Å². The van der Waals surface area contributed by atoms with Crippen molar-refractivity contribution in [3.05, 3.63) is 71.8 Å². The van der Waals surface area contributed by atoms with Crippen LogP contribution in [-0.4, -0.2) is 56.0 Å². The molecule has 0 saturated carbocycles. The molecule has 1 amide bonds. The first-order valence-electron chi connectivity index (χ1n) is 10.3. The molecule has 6 nitrogen and oxygen atoms in total. The van der Waals surface area contributed by atoms with Crippen LogP contribution in [0.25, 0.3) is 0 Å². The molecule has 3 rings (SSSR count). The molecule has 1 heterocycles. The van der Waals surface area contributed by atoms with E-state index in [1.165, 1.54) is 5.56 Å². The Morgan fingerprint density at radius 2 is 1.57 bits per heavy atom. The van der Waals surface area contributed by atoms with Crippen LogP contribution in [-0.2, 0) is 6.54 Å². The van der Waals surface area contributed by atoms with Crippen molar-refractivity contribution >= 4 is 35.8 Å². The van der Waals surface area contributed by atoms with E-state index in [1.807, 2.05) is 30.3 Å². The Hall–Kier alpha value is -2.13. The quantitative estimate of drug-likeness (QED) is 0.227. The summed E-state index contributed by atoms with van der Waals surface area (Å²) in [4.78, 5) is 18.9. The second-order valence-corrected chi connectivity index (χ2v) is 7.30. The molecule has 1 aliphatic rings. The summed E-state index contributed by atoms with van der Waals surface area (Å²) in [6.45, 7) is 4.35. The molecule has 0 aliphatic carbocycles. The number of nitrogens with zero attached hydrogens (tertiary/aromatic N) is 2. The molecule has 1 saturated heterocycles. The fourth-order valence-electron chi connectivity index (χ4n) is 3.51. The molecule has 30 heavy (non-hydrogen) atoms. The van der Waals surface area contributed by atoms with Gasteiger partial charge in [-0.15, -0.1) is 24.0 Å². The number of amides is 1. The van der Waals surface area contributed by atoms with Crippen LogP contribution in [0.1, 0.15) is 28.8 Å². The highest BCUT2D eigenvalue weighted by Gasteiger charge is 2.19. The number of carbonyl (C=O) groups is 1. The molecule has 162 valence electrons. The largest absolute Gasteiger partial charge is 0.355 e. The third-order valence-electron chi connectivity index (χ3n) is 5.14. The number of aliphatic imine (C=N–C) groups is 1. The maximum atomic E-state index is 12.0. The predicted molar refractivity (Wildman–Crippen MR) is 133 cm³/mol. The highest BCUT2D eigenvalue weighted by atomic mass is 127. The Balaban J connectivity index is 0.00000320. The van der Waals surface area contributed by atoms with Crippen LogP contribution in [0.5, 0.6) is 0 Å². The molecule has 0 spiro atoms. The van der Waals surface area contributed by atoms with Crippen molar-refractivity contribution < 1.29 is 4.79 Å². The third-order valence-corrected chi connectivity index (χ3v) is 5.14. The van der Waals surface area contributed by atoms with Crippen LogP contribution in [0.2, 0.25) is 0 Å². The first-order valence-corrected chi connectivity index (χ1v) is 10.3. The molecule has 0 aromatic heterocycles. The molecule has 0 radical (unpaired) electrons. The lowest BCUT2D eigenvalue weighted by molar-refractivity contribution is 0.0954. The SMILES string of the molecule is CN=C(NCCNC(=O)c1ccccc1)NC1CCN(Cc2ccccc2)CC1.I. The summed E-state index contributed by atoms with van der Waals surface area (Å²) in [7, 11) is 1.78. The fraction of sp³-hybridized carbons (Fsp3) is 0.391. The zero-order chi connectivity index (χ0) is 20.3. The summed E-state index contributed by atoms with van der Waals surface area (Å²) in [6.07, 6.45) is 2.19. The van der Waals surface area contributed by atoms with Gasteiger partial charge in [-0.2, -0.15) is 0 Å². The third kappa shape index (κ3) is 7.95. The molecule has 1 aliphatic heterocycles. The van der Waals surface area contributed by atoms with E-state index in [2.05, 4.69) is 56.2 Å². The van der Waals surface area contributed by atoms with E-state index in [-0.39, 0.29) is 29.9 Å². The summed E-state index contributed by atoms with van der Waals surface area (Å²) in [5.74, 6) is 0.738. The lowest BCUT2D eigenvalue weighted by Gasteiger charge is -2.33. The van der Waals surface area contributed by atoms with Crippen molar-refractivity contribution in [1.82, 2.24) is 20.9 Å². The second kappa shape index (κ2) is 13.2. The molecule has 7 heteroatoms. The number of benzene rings is 2. The molecule has 0 unspecified atom stereocenters. The van der Waals surface area contributed by atoms with Gasteiger partial charge in [0.05, 0.1) is 0 Å². The zero-order valence-corrected chi connectivity index (χ0v) is 19.8. The van der Waals surface area contributed by atoms with Crippen LogP contribution < -0.4 is 16.0 Å². The van der Waals surface area contributed by atoms with E-state index < -0.39 is 0 Å². The van der Waals surface area contributed by atoms with Crippen LogP contribution >= 0.6 is 24.0 Å². The smallest absolute Gasteiger partial charge is 0.251 e. The maximum absolute atomic E-state index is 12.0. The number of hydrogen-bond acceptors (Lipinski definition) is 3. The minimum absolute atomic E-state index is 0. The predicted octanol–water partition coefficient (Wildman–Crippen LogP) is 2.86. The van der Waals surface area contributed by atoms with Gasteiger partial charge in [0.1, 0.15) is 0 Å². The number of hydrogen-bond donors (Lipinski definition) is 3. The minimum Gasteiger partial charge on any atom is -0.355 e. The Bertz CT molecular complexity index is 777. The Labute approximate surface area is 196 Å². The van der Waals surface area contributed by atoms with Gasteiger partial charge in [0, 0.05) is 51.4 Å². The van der Waals surface area contributed by atoms with Crippen molar-refractivity contribution in [2.45, 2.75) is 25.4 Å². The van der Waals surface area contributed by atoms with Crippen LogP contribution in [0.3, 0.4) is 0 Å². The molecule has 0 atom stereocenters. The summed E-state index contributed by atoms with van der Waals surface area (Å²) in [5, 5.41) is 9.71. The van der Waals surface area contributed by atoms with Crippen molar-refractivity contribution in [2.75, 3.05) is 33.2 Å². The van der Waals surface area contributed by atoms with Gasteiger partial charge in [0.2, 0.25) is 0 Å². The first-order chi connectivity index (χ1) is 14.2.